The van der Waals surface area contributed by atoms with Gasteiger partial charge in [0, 0.05) is 0 Å². The molecule has 4 N–H and O–H groups in total. The quantitative estimate of drug-likeness (QED) is 0.328. The number of hydrazine groups is 1. The molecule has 1 amide bonds. The van der Waals surface area contributed by atoms with Gasteiger partial charge >= 0.3 is 0 Å². The highest BCUT2D eigenvalue weighted by Gasteiger charge is 2.40. The van der Waals surface area contributed by atoms with E-state index in [-0.39, 0.29) is 18.4 Å². The molecular weight excluding hydrogens is 234 g/mol. The Kier molecular flexibility index (Phi) is 4.55. The van der Waals surface area contributed by atoms with Crippen molar-refractivity contribution in [3.05, 3.63) is 0 Å². The molecule has 2 fully saturated rings. The second-order valence-corrected chi connectivity index (χ2v) is 5.44. The van der Waals surface area contributed by atoms with Crippen molar-refractivity contribution >= 4 is 5.91 Å². The minimum absolute atomic E-state index is 0.0914. The summed E-state index contributed by atoms with van der Waals surface area (Å²) in [5.74, 6) is 4.00. The number of hydrogen-bond acceptors (Lipinski definition) is 4. The van der Waals surface area contributed by atoms with E-state index >= 15 is 0 Å². The third-order valence-corrected chi connectivity index (χ3v) is 3.71. The van der Waals surface area contributed by atoms with E-state index in [0.717, 1.165) is 6.54 Å². The molecule has 0 unspecified atom stereocenters. The van der Waals surface area contributed by atoms with E-state index in [2.05, 4.69) is 5.43 Å². The Labute approximate surface area is 108 Å². The highest BCUT2D eigenvalue weighted by molar-refractivity contribution is 5.76. The summed E-state index contributed by atoms with van der Waals surface area (Å²) >= 11 is 0. The molecule has 2 aliphatic heterocycles. The third-order valence-electron chi connectivity index (χ3n) is 3.71. The van der Waals surface area contributed by atoms with Crippen LogP contribution in [0.2, 0.25) is 0 Å². The van der Waals surface area contributed by atoms with Crippen LogP contribution >= 0.6 is 0 Å². The van der Waals surface area contributed by atoms with Gasteiger partial charge in [-0.1, -0.05) is 0 Å². The zero-order valence-corrected chi connectivity index (χ0v) is 11.0. The highest BCUT2D eigenvalue weighted by Crippen LogP contribution is 2.26. The maximum absolute atomic E-state index is 11.3. The maximum atomic E-state index is 11.3. The van der Waals surface area contributed by atoms with E-state index in [4.69, 9.17) is 15.3 Å². The van der Waals surface area contributed by atoms with Crippen molar-refractivity contribution in [2.45, 2.75) is 44.5 Å². The lowest BCUT2D eigenvalue weighted by atomic mass is 10.1. The van der Waals surface area contributed by atoms with E-state index in [1.54, 1.807) is 11.8 Å². The number of nitrogens with one attached hydrogen (secondary N) is 2. The Morgan fingerprint density at radius 1 is 1.44 bits per heavy atom. The molecule has 0 aromatic heterocycles. The molecule has 0 aromatic rings. The number of nitrogens with two attached hydrogens (primary N) is 1. The smallest absolute Gasteiger partial charge is 0.239 e. The van der Waals surface area contributed by atoms with Crippen LogP contribution in [0.3, 0.4) is 0 Å². The molecule has 0 aromatic carbocycles. The second kappa shape index (κ2) is 5.97. The van der Waals surface area contributed by atoms with Crippen LogP contribution in [-0.2, 0) is 14.3 Å². The Balaban J connectivity index is 1.78. The zero-order chi connectivity index (χ0) is 13.0. The summed E-state index contributed by atoms with van der Waals surface area (Å²) in [5, 5.41) is 0. The molecule has 18 heavy (non-hydrogen) atoms. The predicted molar refractivity (Wildman–Crippen MR) is 65.6 cm³/mol. The SMILES string of the molecule is C[C@@]1(CC(=O)NN)OC[C@@H](C[NH+]2CCCCC2)O1. The summed E-state index contributed by atoms with van der Waals surface area (Å²) in [4.78, 5) is 12.9. The highest BCUT2D eigenvalue weighted by atomic mass is 16.7. The molecule has 0 spiro atoms. The summed E-state index contributed by atoms with van der Waals surface area (Å²) in [5.41, 5.74) is 2.11. The number of ether oxygens (including phenoxy) is 2. The third kappa shape index (κ3) is 3.65. The fraction of sp³-hybridized carbons (Fsp3) is 0.917. The normalized spacial score (nSPS) is 33.6. The van der Waals surface area contributed by atoms with Gasteiger partial charge < -0.3 is 14.4 Å². The summed E-state index contributed by atoms with van der Waals surface area (Å²) < 4.78 is 11.5. The summed E-state index contributed by atoms with van der Waals surface area (Å²) in [7, 11) is 0. The zero-order valence-electron chi connectivity index (χ0n) is 11.0. The first-order valence-electron chi connectivity index (χ1n) is 6.76. The molecule has 2 aliphatic rings. The molecule has 0 bridgehead atoms. The van der Waals surface area contributed by atoms with E-state index in [9.17, 15) is 4.79 Å². The molecule has 6 heteroatoms. The van der Waals surface area contributed by atoms with Gasteiger partial charge in [0.05, 0.1) is 26.1 Å². The van der Waals surface area contributed by atoms with Crippen molar-refractivity contribution in [2.24, 2.45) is 5.84 Å². The average Bonchev–Trinajstić information content (AvgIpc) is 2.71. The number of amides is 1. The molecule has 2 saturated heterocycles. The lowest BCUT2D eigenvalue weighted by Gasteiger charge is -2.26. The summed E-state index contributed by atoms with van der Waals surface area (Å²) in [6.07, 6.45) is 4.19. The van der Waals surface area contributed by atoms with E-state index in [1.807, 2.05) is 0 Å². The standard InChI is InChI=1S/C12H23N3O3/c1-12(7-11(16)14-13)17-9-10(18-12)8-15-5-3-2-4-6-15/h10H,2-9,13H2,1H3,(H,14,16)/p+1/t10-,12-/m1/s1. The molecule has 2 rings (SSSR count). The molecule has 104 valence electrons. The van der Waals surface area contributed by atoms with Gasteiger partial charge in [-0.3, -0.25) is 10.2 Å². The first kappa shape index (κ1) is 13.7. The second-order valence-electron chi connectivity index (χ2n) is 5.44. The maximum Gasteiger partial charge on any atom is 0.239 e. The fourth-order valence-corrected chi connectivity index (χ4v) is 2.80. The molecule has 2 heterocycles. The molecule has 0 saturated carbocycles. The van der Waals surface area contributed by atoms with Gasteiger partial charge in [-0.15, -0.1) is 0 Å². The van der Waals surface area contributed by atoms with Crippen molar-refractivity contribution in [3.8, 4) is 0 Å². The van der Waals surface area contributed by atoms with Crippen LogP contribution in [0.25, 0.3) is 0 Å². The first-order valence-corrected chi connectivity index (χ1v) is 6.76. The lowest BCUT2D eigenvalue weighted by Crippen LogP contribution is -3.13. The van der Waals surface area contributed by atoms with Crippen LogP contribution in [0.5, 0.6) is 0 Å². The first-order chi connectivity index (χ1) is 8.61. The number of carbonyl (C=O) groups is 1. The van der Waals surface area contributed by atoms with Gasteiger partial charge in [0.2, 0.25) is 5.91 Å². The lowest BCUT2D eigenvalue weighted by molar-refractivity contribution is -0.907. The average molecular weight is 258 g/mol. The van der Waals surface area contributed by atoms with E-state index in [0.29, 0.717) is 6.61 Å². The number of likely N-dealkylation sites (tertiary alicyclic amines) is 1. The molecule has 2 atom stereocenters. The van der Waals surface area contributed by atoms with Crippen molar-refractivity contribution in [1.29, 1.82) is 0 Å². The van der Waals surface area contributed by atoms with Crippen molar-refractivity contribution in [3.63, 3.8) is 0 Å². The molecule has 0 aliphatic carbocycles. The molecule has 6 nitrogen and oxygen atoms in total. The summed E-state index contributed by atoms with van der Waals surface area (Å²) in [6.45, 7) is 5.78. The van der Waals surface area contributed by atoms with Gasteiger partial charge in [-0.25, -0.2) is 5.84 Å². The Bertz CT molecular complexity index is 294. The van der Waals surface area contributed by atoms with E-state index in [1.165, 1.54) is 32.4 Å². The topological polar surface area (TPSA) is 78.0 Å². The largest absolute Gasteiger partial charge is 0.347 e. The predicted octanol–water partition coefficient (Wildman–Crippen LogP) is -1.43. The van der Waals surface area contributed by atoms with Crippen molar-refractivity contribution in [2.75, 3.05) is 26.2 Å². The van der Waals surface area contributed by atoms with Gasteiger partial charge in [0.1, 0.15) is 12.6 Å². The van der Waals surface area contributed by atoms with Crippen LogP contribution in [0.1, 0.15) is 32.6 Å². The number of carbonyl (C=O) groups excluding carboxylic acids is 1. The summed E-state index contributed by atoms with van der Waals surface area (Å²) in [6, 6.07) is 0. The number of quaternary nitrogens is 1. The van der Waals surface area contributed by atoms with Gasteiger partial charge in [0.25, 0.3) is 0 Å². The van der Waals surface area contributed by atoms with Crippen LogP contribution < -0.4 is 16.2 Å². The van der Waals surface area contributed by atoms with E-state index < -0.39 is 5.79 Å². The van der Waals surface area contributed by atoms with Crippen LogP contribution in [0.4, 0.5) is 0 Å². The van der Waals surface area contributed by atoms with Gasteiger partial charge in [0.15, 0.2) is 5.79 Å². The minimum atomic E-state index is -0.816. The number of rotatable bonds is 4. The van der Waals surface area contributed by atoms with Crippen LogP contribution in [0, 0.1) is 0 Å². The Morgan fingerprint density at radius 2 is 2.17 bits per heavy atom. The van der Waals surface area contributed by atoms with Gasteiger partial charge in [-0.2, -0.15) is 0 Å². The number of hydrogen-bond donors (Lipinski definition) is 3. The Morgan fingerprint density at radius 3 is 2.83 bits per heavy atom. The number of piperidine rings is 1. The van der Waals surface area contributed by atoms with Crippen LogP contribution in [0.15, 0.2) is 0 Å². The minimum Gasteiger partial charge on any atom is -0.347 e. The fourth-order valence-electron chi connectivity index (χ4n) is 2.80. The van der Waals surface area contributed by atoms with Crippen molar-refractivity contribution in [1.82, 2.24) is 5.43 Å². The molecular formula is C12H24N3O3+. The molecule has 0 radical (unpaired) electrons. The van der Waals surface area contributed by atoms with Gasteiger partial charge in [-0.05, 0) is 26.2 Å². The Hall–Kier alpha value is -0.690. The van der Waals surface area contributed by atoms with Crippen molar-refractivity contribution < 1.29 is 19.2 Å². The van der Waals surface area contributed by atoms with Crippen LogP contribution in [-0.4, -0.2) is 44.0 Å². The monoisotopic (exact) mass is 258 g/mol.